The summed E-state index contributed by atoms with van der Waals surface area (Å²) in [7, 11) is 1.96. The number of hydrogen-bond donors (Lipinski definition) is 1. The van der Waals surface area contributed by atoms with Crippen molar-refractivity contribution in [3.63, 3.8) is 0 Å². The molecule has 0 saturated carbocycles. The summed E-state index contributed by atoms with van der Waals surface area (Å²) in [4.78, 5) is 21.3. The third kappa shape index (κ3) is 3.98. The minimum absolute atomic E-state index is 0.162. The van der Waals surface area contributed by atoms with Gasteiger partial charge in [-0.05, 0) is 55.3 Å². The van der Waals surface area contributed by atoms with Crippen molar-refractivity contribution in [2.45, 2.75) is 12.8 Å². The minimum atomic E-state index is -0.162. The first kappa shape index (κ1) is 18.0. The maximum Gasteiger partial charge on any atom is 0.257 e. The van der Waals surface area contributed by atoms with Crippen molar-refractivity contribution in [3.05, 3.63) is 78.6 Å². The number of carbonyl (C=O) groups is 1. The molecule has 142 valence electrons. The third-order valence-corrected chi connectivity index (χ3v) is 5.11. The van der Waals surface area contributed by atoms with Gasteiger partial charge >= 0.3 is 0 Å². The van der Waals surface area contributed by atoms with Gasteiger partial charge in [0, 0.05) is 43.4 Å². The van der Waals surface area contributed by atoms with Crippen molar-refractivity contribution in [3.8, 4) is 0 Å². The van der Waals surface area contributed by atoms with Crippen LogP contribution in [0.1, 0.15) is 23.2 Å². The molecule has 0 spiro atoms. The SMILES string of the molecule is CN(c1ccccc1)c1cncc(C(=O)Nc2ccc(N3CCCC3)cc2)c1. The van der Waals surface area contributed by atoms with E-state index in [1.807, 2.05) is 60.5 Å². The van der Waals surface area contributed by atoms with Crippen LogP contribution in [0.5, 0.6) is 0 Å². The number of benzene rings is 2. The number of nitrogens with one attached hydrogen (secondary N) is 1. The van der Waals surface area contributed by atoms with E-state index >= 15 is 0 Å². The largest absolute Gasteiger partial charge is 0.372 e. The standard InChI is InChI=1S/C23H24N4O/c1-26(20-7-3-2-4-8-20)22-15-18(16-24-17-22)23(28)25-19-9-11-21(12-10-19)27-13-5-6-14-27/h2-4,7-12,15-17H,5-6,13-14H2,1H3,(H,25,28). The second-order valence-electron chi connectivity index (χ2n) is 7.02. The zero-order chi connectivity index (χ0) is 19.3. The number of anilines is 4. The summed E-state index contributed by atoms with van der Waals surface area (Å²) in [5, 5.41) is 2.97. The van der Waals surface area contributed by atoms with E-state index in [-0.39, 0.29) is 5.91 Å². The average Bonchev–Trinajstić information content (AvgIpc) is 3.29. The van der Waals surface area contributed by atoms with E-state index in [0.717, 1.165) is 30.2 Å². The number of aromatic nitrogens is 1. The van der Waals surface area contributed by atoms with Crippen LogP contribution in [0, 0.1) is 0 Å². The lowest BCUT2D eigenvalue weighted by atomic mass is 10.2. The number of para-hydroxylation sites is 1. The summed E-state index contributed by atoms with van der Waals surface area (Å²) in [6, 6.07) is 19.9. The predicted molar refractivity (Wildman–Crippen MR) is 115 cm³/mol. The Balaban J connectivity index is 1.46. The molecule has 1 aromatic heterocycles. The van der Waals surface area contributed by atoms with E-state index in [1.54, 1.807) is 12.4 Å². The molecule has 1 amide bonds. The number of amides is 1. The van der Waals surface area contributed by atoms with Gasteiger partial charge in [-0.1, -0.05) is 18.2 Å². The summed E-state index contributed by atoms with van der Waals surface area (Å²) in [6.45, 7) is 2.22. The molecule has 1 saturated heterocycles. The fraction of sp³-hybridized carbons (Fsp3) is 0.217. The lowest BCUT2D eigenvalue weighted by Crippen LogP contribution is -2.17. The van der Waals surface area contributed by atoms with Crippen LogP contribution in [0.25, 0.3) is 0 Å². The van der Waals surface area contributed by atoms with Crippen molar-refractivity contribution < 1.29 is 4.79 Å². The molecule has 0 unspecified atom stereocenters. The summed E-state index contributed by atoms with van der Waals surface area (Å²) in [5.41, 5.74) is 4.44. The number of hydrogen-bond acceptors (Lipinski definition) is 4. The van der Waals surface area contributed by atoms with Gasteiger partial charge in [-0.25, -0.2) is 0 Å². The average molecular weight is 372 g/mol. The highest BCUT2D eigenvalue weighted by Gasteiger charge is 2.13. The Kier molecular flexibility index (Phi) is 5.24. The highest BCUT2D eigenvalue weighted by atomic mass is 16.1. The molecule has 3 aromatic rings. The third-order valence-electron chi connectivity index (χ3n) is 5.11. The van der Waals surface area contributed by atoms with Crippen LogP contribution in [0.3, 0.4) is 0 Å². The van der Waals surface area contributed by atoms with Crippen LogP contribution in [0.2, 0.25) is 0 Å². The molecule has 28 heavy (non-hydrogen) atoms. The molecule has 0 aliphatic carbocycles. The topological polar surface area (TPSA) is 48.5 Å². The van der Waals surface area contributed by atoms with Crippen molar-refractivity contribution in [2.75, 3.05) is 35.3 Å². The molecule has 5 nitrogen and oxygen atoms in total. The van der Waals surface area contributed by atoms with Gasteiger partial charge in [0.05, 0.1) is 17.4 Å². The van der Waals surface area contributed by atoms with Gasteiger partial charge in [-0.15, -0.1) is 0 Å². The smallest absolute Gasteiger partial charge is 0.257 e. The monoisotopic (exact) mass is 372 g/mol. The summed E-state index contributed by atoms with van der Waals surface area (Å²) < 4.78 is 0. The number of pyridine rings is 1. The molecule has 0 bridgehead atoms. The molecule has 4 rings (SSSR count). The molecule has 2 aromatic carbocycles. The van der Waals surface area contributed by atoms with Crippen LogP contribution in [-0.2, 0) is 0 Å². The summed E-state index contributed by atoms with van der Waals surface area (Å²) in [5.74, 6) is -0.162. The normalized spacial score (nSPS) is 13.4. The highest BCUT2D eigenvalue weighted by Crippen LogP contribution is 2.24. The van der Waals surface area contributed by atoms with Crippen molar-refractivity contribution >= 4 is 28.7 Å². The second kappa shape index (κ2) is 8.13. The molecule has 1 aliphatic rings. The van der Waals surface area contributed by atoms with Gasteiger partial charge in [0.2, 0.25) is 0 Å². The maximum atomic E-state index is 12.7. The molecule has 1 aliphatic heterocycles. The Labute approximate surface area is 165 Å². The van der Waals surface area contributed by atoms with Crippen molar-refractivity contribution in [1.82, 2.24) is 4.98 Å². The van der Waals surface area contributed by atoms with E-state index in [0.29, 0.717) is 5.56 Å². The van der Waals surface area contributed by atoms with Gasteiger partial charge in [0.15, 0.2) is 0 Å². The van der Waals surface area contributed by atoms with E-state index in [4.69, 9.17) is 0 Å². The zero-order valence-electron chi connectivity index (χ0n) is 16.0. The van der Waals surface area contributed by atoms with E-state index in [2.05, 4.69) is 27.3 Å². The first-order chi connectivity index (χ1) is 13.7. The Morgan fingerprint density at radius 3 is 2.39 bits per heavy atom. The molecule has 1 fully saturated rings. The van der Waals surface area contributed by atoms with Gasteiger partial charge in [-0.3, -0.25) is 9.78 Å². The Hall–Kier alpha value is -3.34. The van der Waals surface area contributed by atoms with Crippen LogP contribution in [-0.4, -0.2) is 31.0 Å². The highest BCUT2D eigenvalue weighted by molar-refractivity contribution is 6.04. The fourth-order valence-corrected chi connectivity index (χ4v) is 3.47. The quantitative estimate of drug-likeness (QED) is 0.705. The molecular formula is C23H24N4O. The van der Waals surface area contributed by atoms with Gasteiger partial charge < -0.3 is 15.1 Å². The Bertz CT molecular complexity index is 934. The molecule has 0 atom stereocenters. The molecule has 1 N–H and O–H groups in total. The molecule has 2 heterocycles. The van der Waals surface area contributed by atoms with Gasteiger partial charge in [-0.2, -0.15) is 0 Å². The lowest BCUT2D eigenvalue weighted by Gasteiger charge is -2.19. The second-order valence-corrected chi connectivity index (χ2v) is 7.02. The van der Waals surface area contributed by atoms with Crippen LogP contribution < -0.4 is 15.1 Å². The molecule has 0 radical (unpaired) electrons. The van der Waals surface area contributed by atoms with Crippen LogP contribution in [0.4, 0.5) is 22.7 Å². The first-order valence-electron chi connectivity index (χ1n) is 9.61. The zero-order valence-corrected chi connectivity index (χ0v) is 16.0. The van der Waals surface area contributed by atoms with Gasteiger partial charge in [0.1, 0.15) is 0 Å². The van der Waals surface area contributed by atoms with Gasteiger partial charge in [0.25, 0.3) is 5.91 Å². The predicted octanol–water partition coefficient (Wildman–Crippen LogP) is 4.70. The van der Waals surface area contributed by atoms with E-state index < -0.39 is 0 Å². The molecule has 5 heteroatoms. The Morgan fingerprint density at radius 2 is 1.68 bits per heavy atom. The fourth-order valence-electron chi connectivity index (χ4n) is 3.47. The van der Waals surface area contributed by atoms with Crippen molar-refractivity contribution in [1.29, 1.82) is 0 Å². The lowest BCUT2D eigenvalue weighted by molar-refractivity contribution is 0.102. The summed E-state index contributed by atoms with van der Waals surface area (Å²) >= 11 is 0. The van der Waals surface area contributed by atoms with Crippen LogP contribution >= 0.6 is 0 Å². The number of rotatable bonds is 5. The van der Waals surface area contributed by atoms with E-state index in [1.165, 1.54) is 18.5 Å². The number of nitrogens with zero attached hydrogens (tertiary/aromatic N) is 3. The maximum absolute atomic E-state index is 12.7. The van der Waals surface area contributed by atoms with Crippen molar-refractivity contribution in [2.24, 2.45) is 0 Å². The Morgan fingerprint density at radius 1 is 0.964 bits per heavy atom. The summed E-state index contributed by atoms with van der Waals surface area (Å²) in [6.07, 6.45) is 5.85. The van der Waals surface area contributed by atoms with E-state index in [9.17, 15) is 4.79 Å². The number of carbonyl (C=O) groups excluding carboxylic acids is 1. The first-order valence-corrected chi connectivity index (χ1v) is 9.61. The minimum Gasteiger partial charge on any atom is -0.372 e. The van der Waals surface area contributed by atoms with Crippen LogP contribution in [0.15, 0.2) is 73.1 Å². The molecular weight excluding hydrogens is 348 g/mol.